The van der Waals surface area contributed by atoms with E-state index in [-0.39, 0.29) is 5.91 Å². The maximum Gasteiger partial charge on any atom is 0.270 e. The van der Waals surface area contributed by atoms with Crippen molar-refractivity contribution in [1.29, 1.82) is 0 Å². The molecule has 0 saturated carbocycles. The third kappa shape index (κ3) is 5.53. The molecule has 0 unspecified atom stereocenters. The maximum absolute atomic E-state index is 12.1. The average molecular weight is 328 g/mol. The zero-order chi connectivity index (χ0) is 17.4. The molecule has 1 heterocycles. The van der Waals surface area contributed by atoms with Gasteiger partial charge in [-0.25, -0.2) is 9.97 Å². The highest BCUT2D eigenvalue weighted by atomic mass is 16.5. The SMILES string of the molecule is COc1ccc(CNc2cc(C(=O)NCCC(C)C)ncn2)cc1. The molecule has 6 nitrogen and oxygen atoms in total. The highest BCUT2D eigenvalue weighted by Gasteiger charge is 2.08. The summed E-state index contributed by atoms with van der Waals surface area (Å²) in [5.74, 6) is 1.82. The van der Waals surface area contributed by atoms with Gasteiger partial charge in [0, 0.05) is 19.2 Å². The molecule has 1 aromatic carbocycles. The third-order valence-electron chi connectivity index (χ3n) is 3.54. The van der Waals surface area contributed by atoms with Gasteiger partial charge in [0.2, 0.25) is 0 Å². The van der Waals surface area contributed by atoms with Crippen LogP contribution in [0.1, 0.15) is 36.3 Å². The van der Waals surface area contributed by atoms with Gasteiger partial charge in [-0.2, -0.15) is 0 Å². The maximum atomic E-state index is 12.1. The van der Waals surface area contributed by atoms with Crippen molar-refractivity contribution in [3.8, 4) is 5.75 Å². The Kier molecular flexibility index (Phi) is 6.54. The number of ether oxygens (including phenoxy) is 1. The molecule has 0 bridgehead atoms. The van der Waals surface area contributed by atoms with Crippen molar-refractivity contribution in [3.05, 3.63) is 47.9 Å². The van der Waals surface area contributed by atoms with E-state index in [0.717, 1.165) is 17.7 Å². The van der Waals surface area contributed by atoms with E-state index in [1.807, 2.05) is 24.3 Å². The van der Waals surface area contributed by atoms with E-state index in [1.54, 1.807) is 13.2 Å². The van der Waals surface area contributed by atoms with E-state index in [1.165, 1.54) is 6.33 Å². The number of hydrogen-bond acceptors (Lipinski definition) is 5. The van der Waals surface area contributed by atoms with Crippen molar-refractivity contribution in [2.24, 2.45) is 5.92 Å². The minimum Gasteiger partial charge on any atom is -0.497 e. The first kappa shape index (κ1) is 17.7. The monoisotopic (exact) mass is 328 g/mol. The minimum absolute atomic E-state index is 0.175. The number of nitrogens with one attached hydrogen (secondary N) is 2. The first-order valence-corrected chi connectivity index (χ1v) is 8.05. The first-order chi connectivity index (χ1) is 11.6. The number of hydrogen-bond donors (Lipinski definition) is 2. The van der Waals surface area contributed by atoms with Gasteiger partial charge in [-0.1, -0.05) is 26.0 Å². The van der Waals surface area contributed by atoms with Gasteiger partial charge in [-0.15, -0.1) is 0 Å². The number of aromatic nitrogens is 2. The Morgan fingerprint density at radius 2 is 1.96 bits per heavy atom. The molecular weight excluding hydrogens is 304 g/mol. The van der Waals surface area contributed by atoms with Crippen LogP contribution in [0.15, 0.2) is 36.7 Å². The molecule has 0 aliphatic carbocycles. The zero-order valence-electron chi connectivity index (χ0n) is 14.4. The second kappa shape index (κ2) is 8.86. The Balaban J connectivity index is 1.90. The van der Waals surface area contributed by atoms with Crippen molar-refractivity contribution in [2.45, 2.75) is 26.8 Å². The normalized spacial score (nSPS) is 10.5. The van der Waals surface area contributed by atoms with Crippen LogP contribution in [0.3, 0.4) is 0 Å². The Morgan fingerprint density at radius 3 is 2.62 bits per heavy atom. The summed E-state index contributed by atoms with van der Waals surface area (Å²) in [7, 11) is 1.64. The second-order valence-electron chi connectivity index (χ2n) is 5.93. The van der Waals surface area contributed by atoms with Gasteiger partial charge in [-0.3, -0.25) is 4.79 Å². The molecular formula is C18H24N4O2. The van der Waals surface area contributed by atoms with Crippen molar-refractivity contribution in [3.63, 3.8) is 0 Å². The summed E-state index contributed by atoms with van der Waals surface area (Å²) < 4.78 is 5.14. The van der Waals surface area contributed by atoms with Crippen LogP contribution < -0.4 is 15.4 Å². The van der Waals surface area contributed by atoms with E-state index >= 15 is 0 Å². The lowest BCUT2D eigenvalue weighted by Gasteiger charge is -2.09. The van der Waals surface area contributed by atoms with Gasteiger partial charge in [0.1, 0.15) is 23.6 Å². The van der Waals surface area contributed by atoms with Crippen molar-refractivity contribution < 1.29 is 9.53 Å². The minimum atomic E-state index is -0.175. The molecule has 6 heteroatoms. The number of benzene rings is 1. The van der Waals surface area contributed by atoms with E-state index in [0.29, 0.717) is 30.5 Å². The quantitative estimate of drug-likeness (QED) is 0.779. The smallest absolute Gasteiger partial charge is 0.270 e. The lowest BCUT2D eigenvalue weighted by molar-refractivity contribution is 0.0947. The molecule has 2 rings (SSSR count). The van der Waals surface area contributed by atoms with Crippen LogP contribution in [0.5, 0.6) is 5.75 Å². The topological polar surface area (TPSA) is 76.1 Å². The largest absolute Gasteiger partial charge is 0.497 e. The Morgan fingerprint density at radius 1 is 1.21 bits per heavy atom. The number of anilines is 1. The number of methoxy groups -OCH3 is 1. The summed E-state index contributed by atoms with van der Waals surface area (Å²) in [5, 5.41) is 6.07. The Bertz CT molecular complexity index is 656. The van der Waals surface area contributed by atoms with Crippen LogP contribution >= 0.6 is 0 Å². The van der Waals surface area contributed by atoms with Crippen LogP contribution in [0.25, 0.3) is 0 Å². The van der Waals surface area contributed by atoms with Gasteiger partial charge in [0.05, 0.1) is 7.11 Å². The van der Waals surface area contributed by atoms with Gasteiger partial charge in [0.25, 0.3) is 5.91 Å². The number of carbonyl (C=O) groups is 1. The molecule has 0 fully saturated rings. The Labute approximate surface area is 142 Å². The number of nitrogens with zero attached hydrogens (tertiary/aromatic N) is 2. The molecule has 0 aliphatic rings. The molecule has 0 spiro atoms. The fourth-order valence-corrected chi connectivity index (χ4v) is 2.08. The zero-order valence-corrected chi connectivity index (χ0v) is 14.4. The average Bonchev–Trinajstić information content (AvgIpc) is 2.60. The van der Waals surface area contributed by atoms with Gasteiger partial charge < -0.3 is 15.4 Å². The highest BCUT2D eigenvalue weighted by molar-refractivity contribution is 5.92. The van der Waals surface area contributed by atoms with Crippen LogP contribution in [0.4, 0.5) is 5.82 Å². The van der Waals surface area contributed by atoms with E-state index in [4.69, 9.17) is 4.74 Å². The number of amides is 1. The molecule has 2 aromatic rings. The van der Waals surface area contributed by atoms with Crippen LogP contribution in [-0.2, 0) is 6.54 Å². The molecule has 1 amide bonds. The lowest BCUT2D eigenvalue weighted by Crippen LogP contribution is -2.26. The third-order valence-corrected chi connectivity index (χ3v) is 3.54. The standard InChI is InChI=1S/C18H24N4O2/c1-13(2)8-9-19-18(23)16-10-17(22-12-21-16)20-11-14-4-6-15(24-3)7-5-14/h4-7,10,12-13H,8-9,11H2,1-3H3,(H,19,23)(H,20,21,22). The lowest BCUT2D eigenvalue weighted by atomic mass is 10.1. The molecule has 0 saturated heterocycles. The summed E-state index contributed by atoms with van der Waals surface area (Å²) in [5.41, 5.74) is 1.46. The van der Waals surface area contributed by atoms with Crippen LogP contribution in [-0.4, -0.2) is 29.5 Å². The van der Waals surface area contributed by atoms with Crippen molar-refractivity contribution in [2.75, 3.05) is 19.0 Å². The van der Waals surface area contributed by atoms with E-state index < -0.39 is 0 Å². The number of carbonyl (C=O) groups excluding carboxylic acids is 1. The summed E-state index contributed by atoms with van der Waals surface area (Å²) in [6.07, 6.45) is 2.34. The molecule has 0 radical (unpaired) electrons. The fourth-order valence-electron chi connectivity index (χ4n) is 2.08. The molecule has 2 N–H and O–H groups in total. The molecule has 24 heavy (non-hydrogen) atoms. The van der Waals surface area contributed by atoms with E-state index in [2.05, 4.69) is 34.4 Å². The molecule has 0 aliphatic heterocycles. The molecule has 0 atom stereocenters. The van der Waals surface area contributed by atoms with Gasteiger partial charge in [-0.05, 0) is 30.0 Å². The Hall–Kier alpha value is -2.63. The highest BCUT2D eigenvalue weighted by Crippen LogP contribution is 2.13. The van der Waals surface area contributed by atoms with Gasteiger partial charge in [0.15, 0.2) is 0 Å². The first-order valence-electron chi connectivity index (χ1n) is 8.05. The predicted molar refractivity (Wildman–Crippen MR) is 94.1 cm³/mol. The predicted octanol–water partition coefficient (Wildman–Crippen LogP) is 2.87. The summed E-state index contributed by atoms with van der Waals surface area (Å²) in [6.45, 7) is 5.50. The van der Waals surface area contributed by atoms with Crippen LogP contribution in [0, 0.1) is 5.92 Å². The summed E-state index contributed by atoms with van der Waals surface area (Å²) >= 11 is 0. The molecule has 128 valence electrons. The summed E-state index contributed by atoms with van der Waals surface area (Å²) in [6, 6.07) is 9.43. The van der Waals surface area contributed by atoms with E-state index in [9.17, 15) is 4.79 Å². The fraction of sp³-hybridized carbons (Fsp3) is 0.389. The molecule has 1 aromatic heterocycles. The second-order valence-corrected chi connectivity index (χ2v) is 5.93. The number of rotatable bonds is 8. The van der Waals surface area contributed by atoms with Crippen molar-refractivity contribution in [1.82, 2.24) is 15.3 Å². The summed E-state index contributed by atoms with van der Waals surface area (Å²) in [4.78, 5) is 20.3. The van der Waals surface area contributed by atoms with Gasteiger partial charge >= 0.3 is 0 Å². The van der Waals surface area contributed by atoms with Crippen molar-refractivity contribution >= 4 is 11.7 Å². The van der Waals surface area contributed by atoms with Crippen LogP contribution in [0.2, 0.25) is 0 Å².